The summed E-state index contributed by atoms with van der Waals surface area (Å²) in [5, 5.41) is 11.0. The van der Waals surface area contributed by atoms with Gasteiger partial charge in [0.15, 0.2) is 11.5 Å². The van der Waals surface area contributed by atoms with Crippen molar-refractivity contribution in [2.75, 3.05) is 7.11 Å². The number of aliphatic hydroxyl groups is 1. The molecule has 0 aliphatic carbocycles. The Labute approximate surface area is 189 Å². The summed E-state index contributed by atoms with van der Waals surface area (Å²) in [5.74, 6) is 0.943. The average molecular weight is 454 g/mol. The number of hydrogen-bond acceptors (Lipinski definition) is 5. The first-order chi connectivity index (χ1) is 15.3. The van der Waals surface area contributed by atoms with E-state index in [1.54, 1.807) is 50.4 Å². The standard InChI is InChI=1S/C25H27NO5S/c1-17-9-11-20(12-10-17)32(28,29)26-15-22-21(24(27)18(26)2)13-14-23(30-3)25(22)31-16-19-7-5-4-6-8-19/h4-14,18,24,27H,15-16H2,1-3H3/t18-,24-/m1/s1. The summed E-state index contributed by atoms with van der Waals surface area (Å²) in [4.78, 5) is 0.195. The van der Waals surface area contributed by atoms with Crippen LogP contribution in [0.5, 0.6) is 11.5 Å². The summed E-state index contributed by atoms with van der Waals surface area (Å²) in [5.41, 5.74) is 3.21. The van der Waals surface area contributed by atoms with Gasteiger partial charge in [-0.05, 0) is 43.2 Å². The zero-order chi connectivity index (χ0) is 22.9. The first-order valence-electron chi connectivity index (χ1n) is 10.5. The first kappa shape index (κ1) is 22.3. The number of aliphatic hydroxyl groups excluding tert-OH is 1. The predicted molar refractivity (Wildman–Crippen MR) is 122 cm³/mol. The second kappa shape index (κ2) is 8.94. The van der Waals surface area contributed by atoms with E-state index in [1.165, 1.54) is 4.31 Å². The van der Waals surface area contributed by atoms with Crippen LogP contribution < -0.4 is 9.47 Å². The van der Waals surface area contributed by atoms with E-state index in [9.17, 15) is 13.5 Å². The summed E-state index contributed by atoms with van der Waals surface area (Å²) < 4.78 is 39.9. The normalized spacial score (nSPS) is 18.8. The molecule has 0 amide bonds. The Hall–Kier alpha value is -2.87. The third-order valence-electron chi connectivity index (χ3n) is 5.88. The average Bonchev–Trinajstić information content (AvgIpc) is 2.80. The summed E-state index contributed by atoms with van der Waals surface area (Å²) in [6, 6.07) is 19.3. The molecule has 6 nitrogen and oxygen atoms in total. The summed E-state index contributed by atoms with van der Waals surface area (Å²) in [6.07, 6.45) is -0.996. The Balaban J connectivity index is 1.74. The molecular weight excluding hydrogens is 426 g/mol. The molecule has 0 saturated carbocycles. The molecule has 1 aliphatic heterocycles. The van der Waals surface area contributed by atoms with Crippen LogP contribution >= 0.6 is 0 Å². The van der Waals surface area contributed by atoms with E-state index in [0.717, 1.165) is 11.1 Å². The zero-order valence-electron chi connectivity index (χ0n) is 18.4. The van der Waals surface area contributed by atoms with Gasteiger partial charge in [-0.3, -0.25) is 0 Å². The van der Waals surface area contributed by atoms with Gasteiger partial charge >= 0.3 is 0 Å². The molecule has 1 heterocycles. The van der Waals surface area contributed by atoms with Gasteiger partial charge in [-0.1, -0.05) is 54.1 Å². The van der Waals surface area contributed by atoms with Crippen LogP contribution in [0.25, 0.3) is 0 Å². The molecule has 168 valence electrons. The van der Waals surface area contributed by atoms with Crippen molar-refractivity contribution >= 4 is 10.0 Å². The fourth-order valence-electron chi connectivity index (χ4n) is 3.98. The Morgan fingerprint density at radius 3 is 2.38 bits per heavy atom. The van der Waals surface area contributed by atoms with Gasteiger partial charge in [-0.15, -0.1) is 0 Å². The maximum Gasteiger partial charge on any atom is 0.243 e. The molecule has 0 saturated heterocycles. The molecular formula is C25H27NO5S. The number of nitrogens with zero attached hydrogens (tertiary/aromatic N) is 1. The molecule has 0 aromatic heterocycles. The number of sulfonamides is 1. The van der Waals surface area contributed by atoms with Crippen molar-refractivity contribution in [3.8, 4) is 11.5 Å². The highest BCUT2D eigenvalue weighted by molar-refractivity contribution is 7.89. The van der Waals surface area contributed by atoms with Gasteiger partial charge in [0.05, 0.1) is 24.2 Å². The smallest absolute Gasteiger partial charge is 0.243 e. The molecule has 7 heteroatoms. The zero-order valence-corrected chi connectivity index (χ0v) is 19.2. The Morgan fingerprint density at radius 1 is 1.03 bits per heavy atom. The van der Waals surface area contributed by atoms with Gasteiger partial charge in [0, 0.05) is 12.1 Å². The van der Waals surface area contributed by atoms with Gasteiger partial charge in [-0.25, -0.2) is 8.42 Å². The minimum absolute atomic E-state index is 0.0745. The Bertz CT molecular complexity index is 1190. The fraction of sp³-hybridized carbons (Fsp3) is 0.280. The number of aryl methyl sites for hydroxylation is 1. The van der Waals surface area contributed by atoms with Gasteiger partial charge in [0.1, 0.15) is 6.61 Å². The van der Waals surface area contributed by atoms with Gasteiger partial charge in [-0.2, -0.15) is 4.31 Å². The molecule has 3 aromatic carbocycles. The molecule has 0 radical (unpaired) electrons. The van der Waals surface area contributed by atoms with Crippen LogP contribution in [0.4, 0.5) is 0 Å². The number of fused-ring (bicyclic) bond motifs is 1. The lowest BCUT2D eigenvalue weighted by molar-refractivity contribution is 0.0801. The Morgan fingerprint density at radius 2 is 1.72 bits per heavy atom. The minimum Gasteiger partial charge on any atom is -0.493 e. The molecule has 32 heavy (non-hydrogen) atoms. The minimum atomic E-state index is -3.83. The van der Waals surface area contributed by atoms with Crippen LogP contribution in [0, 0.1) is 6.92 Å². The second-order valence-corrected chi connectivity index (χ2v) is 9.88. The van der Waals surface area contributed by atoms with Crippen molar-refractivity contribution in [3.63, 3.8) is 0 Å². The fourth-order valence-corrected chi connectivity index (χ4v) is 5.58. The van der Waals surface area contributed by atoms with Crippen LogP contribution in [0.1, 0.15) is 35.3 Å². The highest BCUT2D eigenvalue weighted by Crippen LogP contribution is 2.43. The first-order valence-corrected chi connectivity index (χ1v) is 11.9. The number of benzene rings is 3. The molecule has 0 spiro atoms. The second-order valence-electron chi connectivity index (χ2n) is 7.99. The van der Waals surface area contributed by atoms with Gasteiger partial charge in [0.2, 0.25) is 10.0 Å². The maximum atomic E-state index is 13.5. The lowest BCUT2D eigenvalue weighted by Gasteiger charge is -2.38. The molecule has 1 N–H and O–H groups in total. The molecule has 0 fully saturated rings. The van der Waals surface area contributed by atoms with Crippen LogP contribution in [-0.2, 0) is 23.2 Å². The molecule has 2 atom stereocenters. The van der Waals surface area contributed by atoms with Gasteiger partial charge < -0.3 is 14.6 Å². The SMILES string of the molecule is COc1ccc2c(c1OCc1ccccc1)CN(S(=O)(=O)c1ccc(C)cc1)[C@H](C)[C@H]2O. The number of ether oxygens (including phenoxy) is 2. The van der Waals surface area contributed by atoms with E-state index in [0.29, 0.717) is 29.2 Å². The largest absolute Gasteiger partial charge is 0.493 e. The topological polar surface area (TPSA) is 76.1 Å². The lowest BCUT2D eigenvalue weighted by Crippen LogP contribution is -2.45. The van der Waals surface area contributed by atoms with Crippen LogP contribution in [-0.4, -0.2) is 31.0 Å². The molecule has 4 rings (SSSR count). The summed E-state index contributed by atoms with van der Waals surface area (Å²) >= 11 is 0. The van der Waals surface area contributed by atoms with Crippen LogP contribution in [0.3, 0.4) is 0 Å². The Kier molecular flexibility index (Phi) is 6.24. The van der Waals surface area contributed by atoms with E-state index >= 15 is 0 Å². The van der Waals surface area contributed by atoms with Crippen molar-refractivity contribution in [1.82, 2.24) is 4.31 Å². The van der Waals surface area contributed by atoms with Crippen molar-refractivity contribution in [2.24, 2.45) is 0 Å². The highest BCUT2D eigenvalue weighted by Gasteiger charge is 2.40. The van der Waals surface area contributed by atoms with Crippen LogP contribution in [0.2, 0.25) is 0 Å². The van der Waals surface area contributed by atoms with Gasteiger partial charge in [0.25, 0.3) is 0 Å². The third kappa shape index (κ3) is 4.11. The van der Waals surface area contributed by atoms with E-state index in [1.807, 2.05) is 37.3 Å². The summed E-state index contributed by atoms with van der Waals surface area (Å²) in [7, 11) is -2.29. The van der Waals surface area contributed by atoms with Crippen molar-refractivity contribution in [3.05, 3.63) is 89.0 Å². The molecule has 0 unspecified atom stereocenters. The van der Waals surface area contributed by atoms with Crippen LogP contribution in [0.15, 0.2) is 71.6 Å². The third-order valence-corrected chi connectivity index (χ3v) is 7.82. The number of hydrogen-bond donors (Lipinski definition) is 1. The van der Waals surface area contributed by atoms with Crippen molar-refractivity contribution in [2.45, 2.75) is 44.0 Å². The lowest BCUT2D eigenvalue weighted by atomic mass is 9.92. The van der Waals surface area contributed by atoms with E-state index in [-0.39, 0.29) is 11.4 Å². The maximum absolute atomic E-state index is 13.5. The van der Waals surface area contributed by atoms with Crippen molar-refractivity contribution in [1.29, 1.82) is 0 Å². The number of methoxy groups -OCH3 is 1. The van der Waals surface area contributed by atoms with E-state index < -0.39 is 22.2 Å². The summed E-state index contributed by atoms with van der Waals surface area (Å²) in [6.45, 7) is 3.99. The molecule has 1 aliphatic rings. The monoisotopic (exact) mass is 453 g/mol. The molecule has 0 bridgehead atoms. The number of rotatable bonds is 6. The quantitative estimate of drug-likeness (QED) is 0.605. The predicted octanol–water partition coefficient (Wildman–Crippen LogP) is 4.21. The van der Waals surface area contributed by atoms with Crippen molar-refractivity contribution < 1.29 is 23.0 Å². The molecule has 3 aromatic rings. The highest BCUT2D eigenvalue weighted by atomic mass is 32.2. The van der Waals surface area contributed by atoms with E-state index in [2.05, 4.69) is 0 Å². The van der Waals surface area contributed by atoms with E-state index in [4.69, 9.17) is 9.47 Å².